The topological polar surface area (TPSA) is 77.5 Å². The molecule has 0 bridgehead atoms. The zero-order chi connectivity index (χ0) is 24.8. The average Bonchev–Trinajstić information content (AvgIpc) is 3.53. The van der Waals surface area contributed by atoms with Gasteiger partial charge in [0.15, 0.2) is 6.29 Å². The van der Waals surface area contributed by atoms with Crippen LogP contribution >= 0.6 is 0 Å². The Labute approximate surface area is 204 Å². The molecule has 2 unspecified atom stereocenters. The number of cyclic esters (lactones) is 1. The molecule has 1 aliphatic carbocycles. The molecule has 192 valence electrons. The van der Waals surface area contributed by atoms with Gasteiger partial charge in [-0.1, -0.05) is 62.1 Å². The SMILES string of the molecule is C=C/C=C\C(C)=C/C.CN(CC(CC1CCCC1)C(=O)N1CCOC1=O)OOC1CCCCO1. The maximum Gasteiger partial charge on any atom is 0.416 e. The van der Waals surface area contributed by atoms with Crippen LogP contribution in [0.3, 0.4) is 0 Å². The number of hydrogen-bond donors (Lipinski definition) is 0. The Morgan fingerprint density at radius 2 is 1.97 bits per heavy atom. The van der Waals surface area contributed by atoms with E-state index in [4.69, 9.17) is 19.3 Å². The van der Waals surface area contributed by atoms with Gasteiger partial charge >= 0.3 is 6.09 Å². The summed E-state index contributed by atoms with van der Waals surface area (Å²) in [6.07, 6.45) is 15.2. The highest BCUT2D eigenvalue weighted by atomic mass is 17.3. The van der Waals surface area contributed by atoms with E-state index in [2.05, 4.69) is 19.6 Å². The summed E-state index contributed by atoms with van der Waals surface area (Å²) in [5.41, 5.74) is 1.27. The van der Waals surface area contributed by atoms with Crippen LogP contribution < -0.4 is 0 Å². The summed E-state index contributed by atoms with van der Waals surface area (Å²) in [5.74, 6) is 0.0342. The number of ether oxygens (including phenoxy) is 2. The molecule has 0 spiro atoms. The van der Waals surface area contributed by atoms with Gasteiger partial charge in [0, 0.05) is 26.6 Å². The van der Waals surface area contributed by atoms with Crippen LogP contribution in [0, 0.1) is 11.8 Å². The first-order valence-corrected chi connectivity index (χ1v) is 12.5. The summed E-state index contributed by atoms with van der Waals surface area (Å²) in [6.45, 7) is 9.27. The maximum atomic E-state index is 12.9. The van der Waals surface area contributed by atoms with Gasteiger partial charge in [-0.15, -0.1) is 4.99 Å². The second kappa shape index (κ2) is 15.8. The van der Waals surface area contributed by atoms with E-state index in [9.17, 15) is 9.59 Å². The van der Waals surface area contributed by atoms with E-state index in [0.29, 0.717) is 25.6 Å². The molecular formula is C26H42N2O6. The number of hydroxylamine groups is 2. The number of imide groups is 1. The first kappa shape index (κ1) is 28.2. The van der Waals surface area contributed by atoms with Gasteiger partial charge in [0.05, 0.1) is 12.5 Å². The van der Waals surface area contributed by atoms with E-state index in [1.165, 1.54) is 28.4 Å². The van der Waals surface area contributed by atoms with Crippen molar-refractivity contribution in [3.05, 3.63) is 36.5 Å². The quantitative estimate of drug-likeness (QED) is 0.243. The van der Waals surface area contributed by atoms with Crippen molar-refractivity contribution < 1.29 is 28.9 Å². The summed E-state index contributed by atoms with van der Waals surface area (Å²) >= 11 is 0. The van der Waals surface area contributed by atoms with Gasteiger partial charge in [0.25, 0.3) is 0 Å². The fraction of sp³-hybridized carbons (Fsp3) is 0.692. The first-order valence-electron chi connectivity index (χ1n) is 12.5. The fourth-order valence-corrected chi connectivity index (χ4v) is 4.28. The van der Waals surface area contributed by atoms with Gasteiger partial charge in [-0.2, -0.15) is 9.95 Å². The number of nitrogens with zero attached hydrogens (tertiary/aromatic N) is 2. The normalized spacial score (nSPS) is 22.6. The van der Waals surface area contributed by atoms with Gasteiger partial charge in [-0.25, -0.2) is 9.69 Å². The summed E-state index contributed by atoms with van der Waals surface area (Å²) in [4.78, 5) is 36.5. The Bertz CT molecular complexity index is 695. The minimum absolute atomic E-state index is 0.177. The first-order chi connectivity index (χ1) is 16.4. The molecule has 0 aromatic rings. The number of carbonyl (C=O) groups is 2. The van der Waals surface area contributed by atoms with E-state index in [1.54, 1.807) is 13.1 Å². The molecule has 0 radical (unpaired) electrons. The standard InChI is InChI=1S/C18H30N2O6.C8H12/c1-19(26-25-16-8-4-5-10-23-16)13-15(12-14-6-2-3-7-14)17(21)20-9-11-24-18(20)22;1-4-6-7-8(3)5-2/h14-16H,2-13H2,1H3;4-7H,1H2,2-3H3/b;7-6-,8-5-. The van der Waals surface area contributed by atoms with E-state index in [0.717, 1.165) is 38.5 Å². The lowest BCUT2D eigenvalue weighted by Gasteiger charge is -2.28. The average molecular weight is 479 g/mol. The van der Waals surface area contributed by atoms with Crippen molar-refractivity contribution in [2.45, 2.75) is 71.5 Å². The highest BCUT2D eigenvalue weighted by Crippen LogP contribution is 2.31. The lowest BCUT2D eigenvalue weighted by atomic mass is 9.92. The third-order valence-corrected chi connectivity index (χ3v) is 6.31. The highest BCUT2D eigenvalue weighted by Gasteiger charge is 2.36. The van der Waals surface area contributed by atoms with Gasteiger partial charge in [0.2, 0.25) is 5.91 Å². The van der Waals surface area contributed by atoms with E-state index in [1.807, 2.05) is 19.1 Å². The third kappa shape index (κ3) is 10.1. The van der Waals surface area contributed by atoms with Crippen molar-refractivity contribution in [3.63, 3.8) is 0 Å². The molecule has 3 fully saturated rings. The minimum atomic E-state index is -0.540. The molecule has 8 heteroatoms. The molecule has 2 amide bonds. The molecule has 3 rings (SSSR count). The summed E-state index contributed by atoms with van der Waals surface area (Å²) < 4.78 is 10.4. The van der Waals surface area contributed by atoms with Gasteiger partial charge in [0.1, 0.15) is 6.61 Å². The van der Waals surface area contributed by atoms with Crippen molar-refractivity contribution >= 4 is 12.0 Å². The zero-order valence-electron chi connectivity index (χ0n) is 21.1. The fourth-order valence-electron chi connectivity index (χ4n) is 4.28. The van der Waals surface area contributed by atoms with Crippen LogP contribution in [0.1, 0.15) is 65.2 Å². The molecule has 34 heavy (non-hydrogen) atoms. The zero-order valence-corrected chi connectivity index (χ0v) is 21.1. The molecule has 3 aliphatic rings. The van der Waals surface area contributed by atoms with Gasteiger partial charge in [-0.05, 0) is 39.0 Å². The van der Waals surface area contributed by atoms with Crippen LogP contribution in [-0.2, 0) is 24.1 Å². The van der Waals surface area contributed by atoms with Crippen molar-refractivity contribution in [2.75, 3.05) is 33.4 Å². The predicted molar refractivity (Wildman–Crippen MR) is 130 cm³/mol. The van der Waals surface area contributed by atoms with E-state index < -0.39 is 6.09 Å². The monoisotopic (exact) mass is 478 g/mol. The number of rotatable bonds is 10. The summed E-state index contributed by atoms with van der Waals surface area (Å²) in [6, 6.07) is 0. The van der Waals surface area contributed by atoms with Crippen LogP contribution in [0.5, 0.6) is 0 Å². The second-order valence-corrected chi connectivity index (χ2v) is 9.09. The Morgan fingerprint density at radius 3 is 2.56 bits per heavy atom. The van der Waals surface area contributed by atoms with Crippen molar-refractivity contribution in [3.8, 4) is 0 Å². The molecule has 2 aliphatic heterocycles. The molecular weight excluding hydrogens is 436 g/mol. The maximum absolute atomic E-state index is 12.9. The van der Waals surface area contributed by atoms with Crippen LogP contribution in [0.2, 0.25) is 0 Å². The number of hydrogen-bond acceptors (Lipinski definition) is 7. The van der Waals surface area contributed by atoms with E-state index >= 15 is 0 Å². The van der Waals surface area contributed by atoms with Crippen molar-refractivity contribution in [1.29, 1.82) is 0 Å². The smallest absolute Gasteiger partial charge is 0.416 e. The van der Waals surface area contributed by atoms with Gasteiger partial charge in [-0.3, -0.25) is 4.79 Å². The number of allylic oxidation sites excluding steroid dienone is 5. The Balaban J connectivity index is 0.000000440. The summed E-state index contributed by atoms with van der Waals surface area (Å²) in [7, 11) is 1.74. The van der Waals surface area contributed by atoms with Crippen LogP contribution in [0.4, 0.5) is 4.79 Å². The molecule has 0 aromatic carbocycles. The lowest BCUT2D eigenvalue weighted by molar-refractivity contribution is -0.474. The molecule has 1 saturated carbocycles. The predicted octanol–water partition coefficient (Wildman–Crippen LogP) is 5.18. The third-order valence-electron chi connectivity index (χ3n) is 6.31. The largest absolute Gasteiger partial charge is 0.447 e. The molecule has 2 saturated heterocycles. The van der Waals surface area contributed by atoms with Crippen molar-refractivity contribution in [2.24, 2.45) is 11.8 Å². The summed E-state index contributed by atoms with van der Waals surface area (Å²) in [5, 5.41) is 1.52. The molecule has 8 nitrogen and oxygen atoms in total. The molecule has 2 atom stereocenters. The molecule has 0 N–H and O–H groups in total. The minimum Gasteiger partial charge on any atom is -0.447 e. The molecule has 2 heterocycles. The van der Waals surface area contributed by atoms with Gasteiger partial charge < -0.3 is 9.47 Å². The Morgan fingerprint density at radius 1 is 1.24 bits per heavy atom. The van der Waals surface area contributed by atoms with Crippen LogP contribution in [0.25, 0.3) is 0 Å². The van der Waals surface area contributed by atoms with Crippen molar-refractivity contribution in [1.82, 2.24) is 9.96 Å². The second-order valence-electron chi connectivity index (χ2n) is 9.09. The number of carbonyl (C=O) groups excluding carboxylic acids is 2. The number of amides is 2. The Hall–Kier alpha value is -2.00. The Kier molecular flexibility index (Phi) is 13.1. The van der Waals surface area contributed by atoms with Crippen LogP contribution in [-0.4, -0.2) is 61.6 Å². The van der Waals surface area contributed by atoms with E-state index in [-0.39, 0.29) is 24.7 Å². The lowest BCUT2D eigenvalue weighted by Crippen LogP contribution is -2.42. The highest BCUT2D eigenvalue weighted by molar-refractivity contribution is 5.94. The van der Waals surface area contributed by atoms with Crippen LogP contribution in [0.15, 0.2) is 36.5 Å². The molecule has 0 aromatic heterocycles.